The molecule has 2 atom stereocenters. The zero-order valence-corrected chi connectivity index (χ0v) is 36.2. The SMILES string of the molecule is CCCCCCCCCCCCCC(=O)OCCCCCCCCC/C=C\CCCCCCCC(=O)NC(CO)C(O)CCCCCCCCCCCC. The van der Waals surface area contributed by atoms with Crippen LogP contribution in [-0.4, -0.2) is 47.4 Å². The van der Waals surface area contributed by atoms with Crippen molar-refractivity contribution in [2.75, 3.05) is 13.2 Å². The Morgan fingerprint density at radius 3 is 1.31 bits per heavy atom. The zero-order chi connectivity index (χ0) is 39.4. The Morgan fingerprint density at radius 2 is 0.870 bits per heavy atom. The van der Waals surface area contributed by atoms with Gasteiger partial charge in [-0.25, -0.2) is 0 Å². The second-order valence-electron chi connectivity index (χ2n) is 16.4. The smallest absolute Gasteiger partial charge is 0.305 e. The highest BCUT2D eigenvalue weighted by molar-refractivity contribution is 5.76. The third kappa shape index (κ3) is 40.3. The Bertz CT molecular complexity index is 802. The highest BCUT2D eigenvalue weighted by Gasteiger charge is 2.20. The molecule has 6 nitrogen and oxygen atoms in total. The third-order valence-electron chi connectivity index (χ3n) is 11.1. The summed E-state index contributed by atoms with van der Waals surface area (Å²) < 4.78 is 5.44. The molecule has 0 saturated heterocycles. The van der Waals surface area contributed by atoms with Crippen molar-refractivity contribution in [3.05, 3.63) is 12.2 Å². The van der Waals surface area contributed by atoms with Crippen LogP contribution in [0.25, 0.3) is 0 Å². The Labute approximate surface area is 336 Å². The third-order valence-corrected chi connectivity index (χ3v) is 11.1. The number of nitrogens with one attached hydrogen (secondary N) is 1. The summed E-state index contributed by atoms with van der Waals surface area (Å²) >= 11 is 0. The summed E-state index contributed by atoms with van der Waals surface area (Å²) in [5.41, 5.74) is 0. The van der Waals surface area contributed by atoms with Gasteiger partial charge in [0.25, 0.3) is 0 Å². The molecule has 0 aromatic heterocycles. The van der Waals surface area contributed by atoms with Gasteiger partial charge < -0.3 is 20.3 Å². The standard InChI is InChI=1S/C48H93NO5/c1-3-5-7-9-11-13-21-26-30-34-38-42-48(53)54-43-39-35-31-27-23-20-18-16-15-17-19-22-25-29-33-37-41-47(52)49-45(44-50)46(51)40-36-32-28-24-14-12-10-8-6-4-2/h15,17,45-46,50-51H,3-14,16,18-44H2,1-2H3,(H,49,52)/b17-15-. The molecule has 0 aromatic carbocycles. The molecule has 1 amide bonds. The van der Waals surface area contributed by atoms with E-state index in [4.69, 9.17) is 4.74 Å². The first-order chi connectivity index (χ1) is 26.5. The van der Waals surface area contributed by atoms with Gasteiger partial charge in [0.05, 0.1) is 25.4 Å². The van der Waals surface area contributed by atoms with Crippen molar-refractivity contribution in [1.29, 1.82) is 0 Å². The molecule has 0 aliphatic carbocycles. The summed E-state index contributed by atoms with van der Waals surface area (Å²) in [5.74, 6) is -0.0574. The second kappa shape index (κ2) is 44.3. The fraction of sp³-hybridized carbons (Fsp3) is 0.917. The van der Waals surface area contributed by atoms with E-state index in [1.165, 1.54) is 161 Å². The summed E-state index contributed by atoms with van der Waals surface area (Å²) in [7, 11) is 0. The van der Waals surface area contributed by atoms with Crippen molar-refractivity contribution in [2.24, 2.45) is 0 Å². The lowest BCUT2D eigenvalue weighted by Crippen LogP contribution is -2.45. The number of hydrogen-bond donors (Lipinski definition) is 3. The molecule has 0 spiro atoms. The Hall–Kier alpha value is -1.40. The van der Waals surface area contributed by atoms with Gasteiger partial charge in [0.1, 0.15) is 0 Å². The molecule has 0 bridgehead atoms. The largest absolute Gasteiger partial charge is 0.466 e. The van der Waals surface area contributed by atoms with Gasteiger partial charge in [-0.2, -0.15) is 0 Å². The number of amides is 1. The van der Waals surface area contributed by atoms with Gasteiger partial charge in [-0.15, -0.1) is 0 Å². The van der Waals surface area contributed by atoms with Crippen molar-refractivity contribution in [2.45, 2.75) is 270 Å². The Kier molecular flexibility index (Phi) is 43.2. The van der Waals surface area contributed by atoms with Crippen LogP contribution in [0.2, 0.25) is 0 Å². The molecule has 320 valence electrons. The van der Waals surface area contributed by atoms with Crippen LogP contribution >= 0.6 is 0 Å². The fourth-order valence-electron chi connectivity index (χ4n) is 7.34. The molecule has 0 aromatic rings. The summed E-state index contributed by atoms with van der Waals surface area (Å²) in [4.78, 5) is 24.3. The van der Waals surface area contributed by atoms with Crippen LogP contribution in [0, 0.1) is 0 Å². The van der Waals surface area contributed by atoms with Crippen molar-refractivity contribution >= 4 is 11.9 Å². The van der Waals surface area contributed by atoms with Crippen LogP contribution in [0.3, 0.4) is 0 Å². The first-order valence-corrected chi connectivity index (χ1v) is 23.9. The summed E-state index contributed by atoms with van der Waals surface area (Å²) in [5, 5.41) is 23.1. The minimum absolute atomic E-state index is 0.00355. The number of hydrogen-bond acceptors (Lipinski definition) is 5. The number of ether oxygens (including phenoxy) is 1. The van der Waals surface area contributed by atoms with Gasteiger partial charge in [-0.3, -0.25) is 9.59 Å². The van der Waals surface area contributed by atoms with E-state index in [0.29, 0.717) is 25.9 Å². The molecular formula is C48H93NO5. The van der Waals surface area contributed by atoms with Gasteiger partial charge in [-0.1, -0.05) is 206 Å². The Balaban J connectivity index is 3.46. The van der Waals surface area contributed by atoms with Crippen molar-refractivity contribution in [3.8, 4) is 0 Å². The summed E-state index contributed by atoms with van der Waals surface area (Å²) in [6.45, 7) is 4.90. The molecule has 0 aliphatic heterocycles. The highest BCUT2D eigenvalue weighted by atomic mass is 16.5. The number of rotatable bonds is 44. The van der Waals surface area contributed by atoms with E-state index in [1.807, 2.05) is 0 Å². The molecule has 54 heavy (non-hydrogen) atoms. The molecule has 0 aliphatic rings. The quantitative estimate of drug-likeness (QED) is 0.0326. The predicted molar refractivity (Wildman–Crippen MR) is 232 cm³/mol. The number of aliphatic hydroxyl groups is 2. The lowest BCUT2D eigenvalue weighted by molar-refractivity contribution is -0.143. The zero-order valence-electron chi connectivity index (χ0n) is 36.2. The molecule has 6 heteroatoms. The first-order valence-electron chi connectivity index (χ1n) is 23.9. The number of allylic oxidation sites excluding steroid dienone is 2. The van der Waals surface area contributed by atoms with Gasteiger partial charge in [0, 0.05) is 12.8 Å². The van der Waals surface area contributed by atoms with Gasteiger partial charge in [-0.05, 0) is 51.4 Å². The van der Waals surface area contributed by atoms with Crippen LogP contribution in [0.1, 0.15) is 258 Å². The summed E-state index contributed by atoms with van der Waals surface area (Å²) in [6.07, 6.45) is 48.9. The van der Waals surface area contributed by atoms with E-state index in [2.05, 4.69) is 31.3 Å². The molecular weight excluding hydrogens is 671 g/mol. The van der Waals surface area contributed by atoms with Crippen LogP contribution in [-0.2, 0) is 14.3 Å². The molecule has 0 rings (SSSR count). The maximum Gasteiger partial charge on any atom is 0.305 e. The van der Waals surface area contributed by atoms with Gasteiger partial charge in [0.15, 0.2) is 0 Å². The average molecular weight is 764 g/mol. The van der Waals surface area contributed by atoms with Crippen LogP contribution in [0.15, 0.2) is 12.2 Å². The number of carbonyl (C=O) groups is 2. The molecule has 0 fully saturated rings. The van der Waals surface area contributed by atoms with Crippen LogP contribution in [0.4, 0.5) is 0 Å². The van der Waals surface area contributed by atoms with Gasteiger partial charge >= 0.3 is 5.97 Å². The van der Waals surface area contributed by atoms with E-state index in [9.17, 15) is 19.8 Å². The lowest BCUT2D eigenvalue weighted by atomic mass is 10.0. The Morgan fingerprint density at radius 1 is 0.500 bits per heavy atom. The van der Waals surface area contributed by atoms with E-state index in [1.54, 1.807) is 0 Å². The van der Waals surface area contributed by atoms with Crippen LogP contribution < -0.4 is 5.32 Å². The second-order valence-corrected chi connectivity index (χ2v) is 16.4. The fourth-order valence-corrected chi connectivity index (χ4v) is 7.34. The minimum atomic E-state index is -0.671. The maximum atomic E-state index is 12.4. The lowest BCUT2D eigenvalue weighted by Gasteiger charge is -2.22. The van der Waals surface area contributed by atoms with E-state index in [-0.39, 0.29) is 18.5 Å². The van der Waals surface area contributed by atoms with Crippen molar-refractivity contribution in [1.82, 2.24) is 5.32 Å². The molecule has 0 heterocycles. The predicted octanol–water partition coefficient (Wildman–Crippen LogP) is 13.8. The summed E-state index contributed by atoms with van der Waals surface area (Å²) in [6, 6.07) is -0.550. The number of aliphatic hydroxyl groups excluding tert-OH is 2. The first kappa shape index (κ1) is 52.6. The normalized spacial score (nSPS) is 12.7. The number of unbranched alkanes of at least 4 members (excludes halogenated alkanes) is 31. The van der Waals surface area contributed by atoms with E-state index < -0.39 is 12.1 Å². The van der Waals surface area contributed by atoms with Crippen LogP contribution in [0.5, 0.6) is 0 Å². The average Bonchev–Trinajstić information content (AvgIpc) is 3.17. The number of esters is 1. The topological polar surface area (TPSA) is 95.9 Å². The number of carbonyl (C=O) groups excluding carboxylic acids is 2. The van der Waals surface area contributed by atoms with E-state index >= 15 is 0 Å². The molecule has 3 N–H and O–H groups in total. The minimum Gasteiger partial charge on any atom is -0.466 e. The monoisotopic (exact) mass is 764 g/mol. The molecule has 0 saturated carbocycles. The van der Waals surface area contributed by atoms with Gasteiger partial charge in [0.2, 0.25) is 5.91 Å². The van der Waals surface area contributed by atoms with E-state index in [0.717, 1.165) is 64.2 Å². The van der Waals surface area contributed by atoms with Crippen molar-refractivity contribution in [3.63, 3.8) is 0 Å². The van der Waals surface area contributed by atoms with Crippen molar-refractivity contribution < 1.29 is 24.5 Å². The molecule has 2 unspecified atom stereocenters. The molecule has 0 radical (unpaired) electrons. The maximum absolute atomic E-state index is 12.4. The highest BCUT2D eigenvalue weighted by Crippen LogP contribution is 2.15.